The quantitative estimate of drug-likeness (QED) is 0.518. The Hall–Kier alpha value is -3.81. The van der Waals surface area contributed by atoms with Crippen molar-refractivity contribution in [2.24, 2.45) is 0 Å². The van der Waals surface area contributed by atoms with Crippen LogP contribution < -0.4 is 9.47 Å². The van der Waals surface area contributed by atoms with Gasteiger partial charge in [-0.2, -0.15) is 5.10 Å². The van der Waals surface area contributed by atoms with Gasteiger partial charge in [-0.05, 0) is 36.8 Å². The van der Waals surface area contributed by atoms with E-state index in [1.165, 1.54) is 4.90 Å². The van der Waals surface area contributed by atoms with Gasteiger partial charge in [-0.1, -0.05) is 24.3 Å². The second kappa shape index (κ2) is 9.80. The van der Waals surface area contributed by atoms with Crippen LogP contribution in [0.25, 0.3) is 16.8 Å². The monoisotopic (exact) mass is 423 g/mol. The fraction of sp³-hybridized carbons (Fsp3) is 0.261. The van der Waals surface area contributed by atoms with Crippen LogP contribution >= 0.6 is 0 Å². The molecule has 2 aromatic carbocycles. The van der Waals surface area contributed by atoms with Gasteiger partial charge in [-0.15, -0.1) is 0 Å². The molecule has 3 rings (SSSR count). The number of aromatic nitrogens is 2. The van der Waals surface area contributed by atoms with Crippen LogP contribution in [0.3, 0.4) is 0 Å². The molecule has 0 N–H and O–H groups in total. The predicted molar refractivity (Wildman–Crippen MR) is 116 cm³/mol. The Balaban J connectivity index is 2.06. The molecule has 31 heavy (non-hydrogen) atoms. The van der Waals surface area contributed by atoms with Crippen molar-refractivity contribution < 1.29 is 23.8 Å². The zero-order valence-corrected chi connectivity index (χ0v) is 18.0. The van der Waals surface area contributed by atoms with Crippen LogP contribution in [0.15, 0.2) is 54.7 Å². The Kier molecular flexibility index (Phi) is 6.92. The van der Waals surface area contributed by atoms with Crippen LogP contribution in [0.4, 0.5) is 0 Å². The number of amides is 1. The average molecular weight is 423 g/mol. The van der Waals surface area contributed by atoms with Crippen molar-refractivity contribution >= 4 is 11.9 Å². The van der Waals surface area contributed by atoms with Crippen molar-refractivity contribution in [3.05, 3.63) is 60.4 Å². The Bertz CT molecular complexity index is 1060. The maximum absolute atomic E-state index is 13.2. The average Bonchev–Trinajstić information content (AvgIpc) is 3.24. The number of nitrogens with zero attached hydrogens (tertiary/aromatic N) is 3. The molecule has 0 atom stereocenters. The van der Waals surface area contributed by atoms with E-state index in [-0.39, 0.29) is 18.8 Å². The molecule has 0 aliphatic rings. The summed E-state index contributed by atoms with van der Waals surface area (Å²) in [6.45, 7) is 1.80. The van der Waals surface area contributed by atoms with Gasteiger partial charge in [0.15, 0.2) is 17.2 Å². The molecular weight excluding hydrogens is 398 g/mol. The number of ether oxygens (including phenoxy) is 3. The SMILES string of the molecule is CCOC(=O)CN(C)C(=O)c1nn(-c2ccccc2)cc1-c1ccc(OC)c(OC)c1. The molecule has 3 aromatic rings. The van der Waals surface area contributed by atoms with Gasteiger partial charge in [0.2, 0.25) is 0 Å². The minimum atomic E-state index is -0.478. The second-order valence-electron chi connectivity index (χ2n) is 6.71. The van der Waals surface area contributed by atoms with Gasteiger partial charge in [-0.25, -0.2) is 4.68 Å². The smallest absolute Gasteiger partial charge is 0.325 e. The van der Waals surface area contributed by atoms with Crippen LogP contribution in [0.5, 0.6) is 11.5 Å². The molecule has 0 fully saturated rings. The molecule has 0 radical (unpaired) electrons. The van der Waals surface area contributed by atoms with E-state index in [0.717, 1.165) is 11.3 Å². The van der Waals surface area contributed by atoms with Crippen LogP contribution in [0.2, 0.25) is 0 Å². The summed E-state index contributed by atoms with van der Waals surface area (Å²) in [5.41, 5.74) is 2.34. The summed E-state index contributed by atoms with van der Waals surface area (Å²) in [5.74, 6) is 0.237. The Labute approximate surface area is 180 Å². The molecule has 0 aliphatic heterocycles. The highest BCUT2D eigenvalue weighted by Crippen LogP contribution is 2.34. The lowest BCUT2D eigenvalue weighted by Crippen LogP contribution is -2.33. The van der Waals surface area contributed by atoms with E-state index in [0.29, 0.717) is 17.1 Å². The number of likely N-dealkylation sites (N-methyl/N-ethyl adjacent to an activating group) is 1. The maximum atomic E-state index is 13.2. The molecule has 0 unspecified atom stereocenters. The van der Waals surface area contributed by atoms with Gasteiger partial charge >= 0.3 is 5.97 Å². The van der Waals surface area contributed by atoms with E-state index in [1.54, 1.807) is 51.2 Å². The first-order valence-electron chi connectivity index (χ1n) is 9.77. The minimum absolute atomic E-state index is 0.170. The van der Waals surface area contributed by atoms with E-state index in [4.69, 9.17) is 14.2 Å². The summed E-state index contributed by atoms with van der Waals surface area (Å²) < 4.78 is 17.3. The first-order valence-corrected chi connectivity index (χ1v) is 9.77. The van der Waals surface area contributed by atoms with Crippen molar-refractivity contribution in [1.82, 2.24) is 14.7 Å². The van der Waals surface area contributed by atoms with E-state index >= 15 is 0 Å². The molecule has 0 aliphatic carbocycles. The molecule has 0 saturated carbocycles. The topological polar surface area (TPSA) is 82.9 Å². The van der Waals surface area contributed by atoms with Gasteiger partial charge in [0.05, 0.1) is 26.5 Å². The third-order valence-electron chi connectivity index (χ3n) is 4.65. The molecule has 162 valence electrons. The van der Waals surface area contributed by atoms with E-state index in [2.05, 4.69) is 5.10 Å². The van der Waals surface area contributed by atoms with Gasteiger partial charge in [0, 0.05) is 18.8 Å². The minimum Gasteiger partial charge on any atom is -0.493 e. The summed E-state index contributed by atoms with van der Waals surface area (Å²) in [6, 6.07) is 14.8. The molecule has 8 heteroatoms. The standard InChI is InChI=1S/C23H25N3O5/c1-5-31-21(27)15-25(2)23(28)22-18(14-26(24-22)17-9-7-6-8-10-17)16-11-12-19(29-3)20(13-16)30-4/h6-14H,5,15H2,1-4H3. The Morgan fingerprint density at radius 2 is 1.74 bits per heavy atom. The number of hydrogen-bond acceptors (Lipinski definition) is 6. The lowest BCUT2D eigenvalue weighted by atomic mass is 10.0. The number of carbonyl (C=O) groups excluding carboxylic acids is 2. The first-order chi connectivity index (χ1) is 15.0. The Morgan fingerprint density at radius 1 is 1.03 bits per heavy atom. The van der Waals surface area contributed by atoms with E-state index in [1.807, 2.05) is 36.4 Å². The highest BCUT2D eigenvalue weighted by Gasteiger charge is 2.24. The summed E-state index contributed by atoms with van der Waals surface area (Å²) in [5, 5.41) is 4.53. The van der Waals surface area contributed by atoms with Crippen molar-refractivity contribution in [3.63, 3.8) is 0 Å². The van der Waals surface area contributed by atoms with Gasteiger partial charge < -0.3 is 19.1 Å². The number of para-hydroxylation sites is 1. The van der Waals surface area contributed by atoms with E-state index < -0.39 is 11.9 Å². The number of esters is 1. The van der Waals surface area contributed by atoms with Gasteiger partial charge in [0.1, 0.15) is 6.54 Å². The third kappa shape index (κ3) is 4.85. The second-order valence-corrected chi connectivity index (χ2v) is 6.71. The summed E-state index contributed by atoms with van der Waals surface area (Å²) in [7, 11) is 4.65. The molecule has 8 nitrogen and oxygen atoms in total. The molecule has 1 amide bonds. The highest BCUT2D eigenvalue weighted by molar-refractivity contribution is 6.00. The fourth-order valence-corrected chi connectivity index (χ4v) is 3.11. The summed E-state index contributed by atoms with van der Waals surface area (Å²) >= 11 is 0. The van der Waals surface area contributed by atoms with Gasteiger partial charge in [0.25, 0.3) is 5.91 Å². The van der Waals surface area contributed by atoms with Crippen molar-refractivity contribution in [3.8, 4) is 28.3 Å². The van der Waals surface area contributed by atoms with Crippen molar-refractivity contribution in [1.29, 1.82) is 0 Å². The van der Waals surface area contributed by atoms with Crippen LogP contribution in [-0.2, 0) is 9.53 Å². The highest BCUT2D eigenvalue weighted by atomic mass is 16.5. The number of methoxy groups -OCH3 is 2. The molecule has 1 heterocycles. The molecule has 0 spiro atoms. The summed E-state index contributed by atoms with van der Waals surface area (Å²) in [6.07, 6.45) is 1.78. The maximum Gasteiger partial charge on any atom is 0.325 e. The van der Waals surface area contributed by atoms with Crippen LogP contribution in [0.1, 0.15) is 17.4 Å². The van der Waals surface area contributed by atoms with Crippen LogP contribution in [0, 0.1) is 0 Å². The molecule has 1 aromatic heterocycles. The molecule has 0 saturated heterocycles. The van der Waals surface area contributed by atoms with Crippen molar-refractivity contribution in [2.45, 2.75) is 6.92 Å². The fourth-order valence-electron chi connectivity index (χ4n) is 3.11. The first kappa shape index (κ1) is 21.9. The molecular formula is C23H25N3O5. The summed E-state index contributed by atoms with van der Waals surface area (Å²) in [4.78, 5) is 26.3. The van der Waals surface area contributed by atoms with Crippen molar-refractivity contribution in [2.75, 3.05) is 34.4 Å². The lowest BCUT2D eigenvalue weighted by molar-refractivity contribution is -0.143. The zero-order valence-electron chi connectivity index (χ0n) is 18.0. The van der Waals surface area contributed by atoms with Gasteiger partial charge in [-0.3, -0.25) is 9.59 Å². The zero-order chi connectivity index (χ0) is 22.4. The predicted octanol–water partition coefficient (Wildman–Crippen LogP) is 3.19. The number of hydrogen-bond donors (Lipinski definition) is 0. The number of benzene rings is 2. The number of carbonyl (C=O) groups is 2. The largest absolute Gasteiger partial charge is 0.493 e. The Morgan fingerprint density at radius 3 is 2.39 bits per heavy atom. The normalized spacial score (nSPS) is 10.5. The third-order valence-corrected chi connectivity index (χ3v) is 4.65. The lowest BCUT2D eigenvalue weighted by Gasteiger charge is -2.16. The number of rotatable bonds is 8. The van der Waals surface area contributed by atoms with Crippen LogP contribution in [-0.4, -0.2) is 61.0 Å². The molecule has 0 bridgehead atoms. The van der Waals surface area contributed by atoms with E-state index in [9.17, 15) is 9.59 Å².